The number of rotatable bonds is 6. The van der Waals surface area contributed by atoms with Crippen molar-refractivity contribution >= 4 is 0 Å². The average Bonchev–Trinajstić information content (AvgIpc) is 2.27. The van der Waals surface area contributed by atoms with Gasteiger partial charge in [-0.1, -0.05) is 12.8 Å². The van der Waals surface area contributed by atoms with E-state index < -0.39 is 12.6 Å². The molecule has 2 N–H and O–H groups in total. The summed E-state index contributed by atoms with van der Waals surface area (Å²) in [5.74, 6) is 0.936. The van der Waals surface area contributed by atoms with Crippen LogP contribution in [0.4, 0.5) is 13.2 Å². The molecule has 0 spiro atoms. The van der Waals surface area contributed by atoms with E-state index >= 15 is 0 Å². The van der Waals surface area contributed by atoms with Crippen LogP contribution in [0.5, 0.6) is 0 Å². The summed E-state index contributed by atoms with van der Waals surface area (Å²) in [5, 5.41) is 0. The van der Waals surface area contributed by atoms with Gasteiger partial charge in [0.1, 0.15) is 0 Å². The first-order valence-electron chi connectivity index (χ1n) is 6.37. The van der Waals surface area contributed by atoms with E-state index in [9.17, 15) is 13.2 Å². The molecule has 0 aliphatic heterocycles. The van der Waals surface area contributed by atoms with Gasteiger partial charge in [-0.3, -0.25) is 0 Å². The second-order valence-electron chi connectivity index (χ2n) is 4.83. The lowest BCUT2D eigenvalue weighted by atomic mass is 9.80. The van der Waals surface area contributed by atoms with Gasteiger partial charge >= 0.3 is 6.18 Å². The van der Waals surface area contributed by atoms with E-state index in [-0.39, 0.29) is 13.0 Å². The minimum Gasteiger partial charge on any atom is -0.381 e. The van der Waals surface area contributed by atoms with Crippen LogP contribution in [0.15, 0.2) is 0 Å². The highest BCUT2D eigenvalue weighted by atomic mass is 19.4. The molecule has 1 saturated carbocycles. The normalized spacial score (nSPS) is 26.1. The van der Waals surface area contributed by atoms with Gasteiger partial charge in [-0.05, 0) is 37.6 Å². The van der Waals surface area contributed by atoms with Crippen molar-refractivity contribution in [2.24, 2.45) is 17.6 Å². The Balaban J connectivity index is 2.08. The number of hydrogen-bond acceptors (Lipinski definition) is 2. The SMILES string of the molecule is NCC1CCCCC1COCCCC(F)(F)F. The fourth-order valence-electron chi connectivity index (χ4n) is 2.42. The maximum Gasteiger partial charge on any atom is 0.389 e. The van der Waals surface area contributed by atoms with Crippen molar-refractivity contribution in [1.82, 2.24) is 0 Å². The lowest BCUT2D eigenvalue weighted by Crippen LogP contribution is -2.30. The number of nitrogens with two attached hydrogens (primary N) is 1. The second kappa shape index (κ2) is 7.21. The monoisotopic (exact) mass is 253 g/mol. The Morgan fingerprint density at radius 3 is 2.35 bits per heavy atom. The maximum atomic E-state index is 11.9. The molecular formula is C12H22F3NO. The standard InChI is InChI=1S/C12H22F3NO/c13-12(14,15)6-3-7-17-9-11-5-2-1-4-10(11)8-16/h10-11H,1-9,16H2. The van der Waals surface area contributed by atoms with Crippen LogP contribution in [0, 0.1) is 11.8 Å². The number of ether oxygens (including phenoxy) is 1. The van der Waals surface area contributed by atoms with Gasteiger partial charge in [0.05, 0.1) is 0 Å². The zero-order chi connectivity index (χ0) is 12.7. The molecule has 0 aromatic carbocycles. The molecule has 0 aromatic heterocycles. The third kappa shape index (κ3) is 6.27. The van der Waals surface area contributed by atoms with E-state index in [1.807, 2.05) is 0 Å². The number of hydrogen-bond donors (Lipinski definition) is 1. The first-order valence-corrected chi connectivity index (χ1v) is 6.37. The predicted molar refractivity (Wildman–Crippen MR) is 60.6 cm³/mol. The van der Waals surface area contributed by atoms with Crippen LogP contribution in [0.3, 0.4) is 0 Å². The van der Waals surface area contributed by atoms with Crippen LogP contribution in [0.1, 0.15) is 38.5 Å². The van der Waals surface area contributed by atoms with Crippen molar-refractivity contribution in [3.8, 4) is 0 Å². The summed E-state index contributed by atoms with van der Waals surface area (Å²) in [6.07, 6.45) is -0.122. The summed E-state index contributed by atoms with van der Waals surface area (Å²) in [4.78, 5) is 0. The molecule has 0 heterocycles. The third-order valence-electron chi connectivity index (χ3n) is 3.45. The van der Waals surface area contributed by atoms with Gasteiger partial charge in [0.2, 0.25) is 0 Å². The van der Waals surface area contributed by atoms with Gasteiger partial charge in [0.25, 0.3) is 0 Å². The zero-order valence-electron chi connectivity index (χ0n) is 10.1. The Morgan fingerprint density at radius 1 is 1.12 bits per heavy atom. The molecular weight excluding hydrogens is 231 g/mol. The molecule has 1 aliphatic rings. The zero-order valence-corrected chi connectivity index (χ0v) is 10.1. The largest absolute Gasteiger partial charge is 0.389 e. The fourth-order valence-corrected chi connectivity index (χ4v) is 2.42. The van der Waals surface area contributed by atoms with Crippen LogP contribution in [-0.4, -0.2) is 25.9 Å². The molecule has 5 heteroatoms. The predicted octanol–water partition coefficient (Wildman–Crippen LogP) is 3.11. The minimum atomic E-state index is -4.06. The van der Waals surface area contributed by atoms with Crippen molar-refractivity contribution in [3.05, 3.63) is 0 Å². The molecule has 0 aromatic rings. The van der Waals surface area contributed by atoms with E-state index in [0.717, 1.165) is 12.8 Å². The van der Waals surface area contributed by atoms with Crippen LogP contribution in [0.2, 0.25) is 0 Å². The van der Waals surface area contributed by atoms with Gasteiger partial charge < -0.3 is 10.5 Å². The van der Waals surface area contributed by atoms with E-state index in [0.29, 0.717) is 25.0 Å². The van der Waals surface area contributed by atoms with Crippen molar-refractivity contribution in [2.75, 3.05) is 19.8 Å². The van der Waals surface area contributed by atoms with Gasteiger partial charge in [-0.25, -0.2) is 0 Å². The summed E-state index contributed by atoms with van der Waals surface area (Å²) in [6, 6.07) is 0. The van der Waals surface area contributed by atoms with E-state index in [1.54, 1.807) is 0 Å². The topological polar surface area (TPSA) is 35.2 Å². The molecule has 102 valence electrons. The molecule has 1 rings (SSSR count). The minimum absolute atomic E-state index is 0.0590. The Hall–Kier alpha value is -0.290. The van der Waals surface area contributed by atoms with Crippen LogP contribution in [-0.2, 0) is 4.74 Å². The van der Waals surface area contributed by atoms with E-state index in [4.69, 9.17) is 10.5 Å². The molecule has 1 fully saturated rings. The van der Waals surface area contributed by atoms with Crippen molar-refractivity contribution in [2.45, 2.75) is 44.7 Å². The van der Waals surface area contributed by atoms with Crippen molar-refractivity contribution in [1.29, 1.82) is 0 Å². The van der Waals surface area contributed by atoms with Gasteiger partial charge in [-0.15, -0.1) is 0 Å². The number of halogens is 3. The molecule has 2 nitrogen and oxygen atoms in total. The summed E-state index contributed by atoms with van der Waals surface area (Å²) < 4.78 is 41.0. The average molecular weight is 253 g/mol. The second-order valence-corrected chi connectivity index (χ2v) is 4.83. The number of alkyl halides is 3. The molecule has 0 saturated heterocycles. The van der Waals surface area contributed by atoms with E-state index in [2.05, 4.69) is 0 Å². The molecule has 2 unspecified atom stereocenters. The Kier molecular flexibility index (Phi) is 6.27. The Labute approximate surface area is 101 Å². The molecule has 2 atom stereocenters. The molecule has 1 aliphatic carbocycles. The van der Waals surface area contributed by atoms with E-state index in [1.165, 1.54) is 12.8 Å². The summed E-state index contributed by atoms with van der Waals surface area (Å²) in [5.41, 5.74) is 5.68. The summed E-state index contributed by atoms with van der Waals surface area (Å²) >= 11 is 0. The summed E-state index contributed by atoms with van der Waals surface area (Å²) in [7, 11) is 0. The quantitative estimate of drug-likeness (QED) is 0.738. The third-order valence-corrected chi connectivity index (χ3v) is 3.45. The highest BCUT2D eigenvalue weighted by molar-refractivity contribution is 4.75. The highest BCUT2D eigenvalue weighted by Gasteiger charge is 2.27. The Bertz CT molecular complexity index is 208. The molecule has 17 heavy (non-hydrogen) atoms. The molecule has 0 amide bonds. The highest BCUT2D eigenvalue weighted by Crippen LogP contribution is 2.29. The molecule has 0 bridgehead atoms. The first-order chi connectivity index (χ1) is 8.03. The summed E-state index contributed by atoms with van der Waals surface area (Å²) in [6.45, 7) is 1.43. The smallest absolute Gasteiger partial charge is 0.381 e. The molecule has 0 radical (unpaired) electrons. The van der Waals surface area contributed by atoms with Gasteiger partial charge in [0, 0.05) is 19.6 Å². The lowest BCUT2D eigenvalue weighted by Gasteiger charge is -2.30. The van der Waals surface area contributed by atoms with Crippen LogP contribution >= 0.6 is 0 Å². The first kappa shape index (κ1) is 14.8. The van der Waals surface area contributed by atoms with Crippen molar-refractivity contribution < 1.29 is 17.9 Å². The fraction of sp³-hybridized carbons (Fsp3) is 1.00. The Morgan fingerprint density at radius 2 is 1.76 bits per heavy atom. The lowest BCUT2D eigenvalue weighted by molar-refractivity contribution is -0.138. The van der Waals surface area contributed by atoms with Crippen molar-refractivity contribution in [3.63, 3.8) is 0 Å². The van der Waals surface area contributed by atoms with Gasteiger partial charge in [0.15, 0.2) is 0 Å². The van der Waals surface area contributed by atoms with Crippen LogP contribution < -0.4 is 5.73 Å². The van der Waals surface area contributed by atoms with Gasteiger partial charge in [-0.2, -0.15) is 13.2 Å². The van der Waals surface area contributed by atoms with Crippen LogP contribution in [0.25, 0.3) is 0 Å². The maximum absolute atomic E-state index is 11.9.